The molecule has 0 amide bonds. The molecule has 2 rings (SSSR count). The Balaban J connectivity index is 2.42. The third-order valence-electron chi connectivity index (χ3n) is 3.23. The number of pyridine rings is 1. The lowest BCUT2D eigenvalue weighted by Gasteiger charge is -2.22. The van der Waals surface area contributed by atoms with Gasteiger partial charge in [-0.15, -0.1) is 0 Å². The van der Waals surface area contributed by atoms with Gasteiger partial charge in [-0.1, -0.05) is 18.2 Å². The van der Waals surface area contributed by atoms with Crippen LogP contribution < -0.4 is 4.90 Å². The second-order valence-corrected chi connectivity index (χ2v) is 4.39. The van der Waals surface area contributed by atoms with Crippen molar-refractivity contribution in [3.8, 4) is 0 Å². The van der Waals surface area contributed by atoms with E-state index in [-0.39, 0.29) is 6.61 Å². The van der Waals surface area contributed by atoms with Crippen LogP contribution in [-0.2, 0) is 11.3 Å². The Morgan fingerprint density at radius 1 is 1.32 bits per heavy atom. The quantitative estimate of drug-likeness (QED) is 0.865. The first-order valence-electron chi connectivity index (χ1n) is 6.53. The number of aliphatic hydroxyl groups excluding tert-OH is 1. The van der Waals surface area contributed by atoms with Gasteiger partial charge in [0.15, 0.2) is 0 Å². The molecule has 0 saturated heterocycles. The molecule has 19 heavy (non-hydrogen) atoms. The van der Waals surface area contributed by atoms with E-state index in [1.165, 1.54) is 0 Å². The van der Waals surface area contributed by atoms with E-state index < -0.39 is 0 Å². The molecule has 102 valence electrons. The fraction of sp³-hybridized carbons (Fsp3) is 0.400. The molecule has 0 radical (unpaired) electrons. The van der Waals surface area contributed by atoms with Crippen molar-refractivity contribution in [2.24, 2.45) is 0 Å². The maximum atomic E-state index is 9.52. The fourth-order valence-corrected chi connectivity index (χ4v) is 2.16. The van der Waals surface area contributed by atoms with Crippen molar-refractivity contribution in [3.63, 3.8) is 0 Å². The minimum Gasteiger partial charge on any atom is -0.392 e. The summed E-state index contributed by atoms with van der Waals surface area (Å²) in [5.74, 6) is 0.891. The Labute approximate surface area is 113 Å². The van der Waals surface area contributed by atoms with Crippen LogP contribution >= 0.6 is 0 Å². The fourth-order valence-electron chi connectivity index (χ4n) is 2.16. The van der Waals surface area contributed by atoms with E-state index in [0.29, 0.717) is 6.61 Å². The molecule has 1 aromatic heterocycles. The Morgan fingerprint density at radius 3 is 2.79 bits per heavy atom. The number of methoxy groups -OCH3 is 1. The number of anilines is 1. The molecule has 4 nitrogen and oxygen atoms in total. The number of ether oxygens (including phenoxy) is 1. The first-order chi connectivity index (χ1) is 9.30. The van der Waals surface area contributed by atoms with E-state index in [9.17, 15) is 5.11 Å². The van der Waals surface area contributed by atoms with E-state index in [1.807, 2.05) is 30.3 Å². The molecule has 1 heterocycles. The number of benzene rings is 1. The van der Waals surface area contributed by atoms with Gasteiger partial charge in [0.2, 0.25) is 0 Å². The molecule has 0 fully saturated rings. The lowest BCUT2D eigenvalue weighted by Crippen LogP contribution is -2.27. The molecule has 1 N–H and O–H groups in total. The van der Waals surface area contributed by atoms with E-state index in [0.717, 1.165) is 35.4 Å². The number of para-hydroxylation sites is 1. The molecule has 0 aliphatic carbocycles. The van der Waals surface area contributed by atoms with E-state index in [1.54, 1.807) is 7.11 Å². The van der Waals surface area contributed by atoms with Crippen LogP contribution in [-0.4, -0.2) is 36.9 Å². The van der Waals surface area contributed by atoms with Gasteiger partial charge in [-0.3, -0.25) is 0 Å². The second kappa shape index (κ2) is 6.50. The van der Waals surface area contributed by atoms with Gasteiger partial charge in [0, 0.05) is 25.6 Å². The number of fused-ring (bicyclic) bond motifs is 1. The zero-order valence-corrected chi connectivity index (χ0v) is 11.5. The molecule has 0 bridgehead atoms. The largest absolute Gasteiger partial charge is 0.392 e. The lowest BCUT2D eigenvalue weighted by molar-refractivity contribution is 0.205. The summed E-state index contributed by atoms with van der Waals surface area (Å²) in [6.07, 6.45) is 0. The van der Waals surface area contributed by atoms with Crippen LogP contribution in [0.3, 0.4) is 0 Å². The summed E-state index contributed by atoms with van der Waals surface area (Å²) < 4.78 is 5.12. The summed E-state index contributed by atoms with van der Waals surface area (Å²) in [6.45, 7) is 4.43. The molecule has 2 aromatic rings. The van der Waals surface area contributed by atoms with Crippen LogP contribution in [0.4, 0.5) is 5.82 Å². The average molecular weight is 260 g/mol. The van der Waals surface area contributed by atoms with Crippen LogP contribution in [0.15, 0.2) is 30.3 Å². The van der Waals surface area contributed by atoms with Crippen LogP contribution in [0, 0.1) is 0 Å². The Kier molecular flexibility index (Phi) is 4.71. The molecule has 1 aromatic carbocycles. The topological polar surface area (TPSA) is 45.6 Å². The normalized spacial score (nSPS) is 10.9. The highest BCUT2D eigenvalue weighted by molar-refractivity contribution is 5.84. The SMILES string of the molecule is CCN(CCOC)c1cc(CO)c2ccccc2n1. The van der Waals surface area contributed by atoms with Gasteiger partial charge in [-0.05, 0) is 24.6 Å². The highest BCUT2D eigenvalue weighted by Crippen LogP contribution is 2.22. The maximum Gasteiger partial charge on any atom is 0.129 e. The van der Waals surface area contributed by atoms with Crippen LogP contribution in [0.2, 0.25) is 0 Å². The second-order valence-electron chi connectivity index (χ2n) is 4.39. The van der Waals surface area contributed by atoms with Gasteiger partial charge in [0.05, 0.1) is 18.7 Å². The summed E-state index contributed by atoms with van der Waals surface area (Å²) in [6, 6.07) is 9.85. The number of hydrogen-bond donors (Lipinski definition) is 1. The highest BCUT2D eigenvalue weighted by atomic mass is 16.5. The van der Waals surface area contributed by atoms with Crippen molar-refractivity contribution in [2.45, 2.75) is 13.5 Å². The molecule has 0 aliphatic heterocycles. The van der Waals surface area contributed by atoms with Gasteiger partial charge < -0.3 is 14.7 Å². The predicted molar refractivity (Wildman–Crippen MR) is 77.4 cm³/mol. The summed E-state index contributed by atoms with van der Waals surface area (Å²) in [5, 5.41) is 10.5. The number of aromatic nitrogens is 1. The number of likely N-dealkylation sites (N-methyl/N-ethyl adjacent to an activating group) is 1. The number of nitrogens with zero attached hydrogens (tertiary/aromatic N) is 2. The Hall–Kier alpha value is -1.65. The zero-order valence-electron chi connectivity index (χ0n) is 11.5. The minimum absolute atomic E-state index is 0.0257. The molecular weight excluding hydrogens is 240 g/mol. The van der Waals surface area contributed by atoms with Crippen molar-refractivity contribution >= 4 is 16.7 Å². The number of hydrogen-bond acceptors (Lipinski definition) is 4. The molecule has 0 spiro atoms. The zero-order chi connectivity index (χ0) is 13.7. The first kappa shape index (κ1) is 13.8. The standard InChI is InChI=1S/C15H20N2O2/c1-3-17(8-9-19-2)15-10-12(11-18)13-6-4-5-7-14(13)16-15/h4-7,10,18H,3,8-9,11H2,1-2H3. The van der Waals surface area contributed by atoms with Crippen molar-refractivity contribution in [1.82, 2.24) is 4.98 Å². The number of aliphatic hydroxyl groups is 1. The van der Waals surface area contributed by atoms with Crippen LogP contribution in [0.1, 0.15) is 12.5 Å². The van der Waals surface area contributed by atoms with E-state index in [4.69, 9.17) is 4.74 Å². The van der Waals surface area contributed by atoms with Crippen molar-refractivity contribution < 1.29 is 9.84 Å². The van der Waals surface area contributed by atoms with Crippen molar-refractivity contribution in [2.75, 3.05) is 31.7 Å². The van der Waals surface area contributed by atoms with Gasteiger partial charge >= 0.3 is 0 Å². The summed E-state index contributed by atoms with van der Waals surface area (Å²) >= 11 is 0. The van der Waals surface area contributed by atoms with Crippen molar-refractivity contribution in [1.29, 1.82) is 0 Å². The van der Waals surface area contributed by atoms with Gasteiger partial charge in [-0.2, -0.15) is 0 Å². The highest BCUT2D eigenvalue weighted by Gasteiger charge is 2.10. The monoisotopic (exact) mass is 260 g/mol. The third-order valence-corrected chi connectivity index (χ3v) is 3.23. The molecule has 4 heteroatoms. The molecule has 0 unspecified atom stereocenters. The van der Waals surface area contributed by atoms with Crippen molar-refractivity contribution in [3.05, 3.63) is 35.9 Å². The summed E-state index contributed by atoms with van der Waals surface area (Å²) in [4.78, 5) is 6.82. The smallest absolute Gasteiger partial charge is 0.129 e. The third kappa shape index (κ3) is 3.03. The van der Waals surface area contributed by atoms with E-state index >= 15 is 0 Å². The van der Waals surface area contributed by atoms with Crippen LogP contribution in [0.25, 0.3) is 10.9 Å². The molecule has 0 saturated carbocycles. The van der Waals surface area contributed by atoms with Gasteiger partial charge in [0.1, 0.15) is 5.82 Å². The first-order valence-corrected chi connectivity index (χ1v) is 6.53. The Morgan fingerprint density at radius 2 is 2.11 bits per heavy atom. The van der Waals surface area contributed by atoms with Gasteiger partial charge in [-0.25, -0.2) is 4.98 Å². The average Bonchev–Trinajstić information content (AvgIpc) is 2.47. The lowest BCUT2D eigenvalue weighted by atomic mass is 10.1. The summed E-state index contributed by atoms with van der Waals surface area (Å²) in [5.41, 5.74) is 1.83. The molecule has 0 aliphatic rings. The maximum absolute atomic E-state index is 9.52. The van der Waals surface area contributed by atoms with E-state index in [2.05, 4.69) is 16.8 Å². The number of rotatable bonds is 6. The Bertz CT molecular complexity index is 543. The minimum atomic E-state index is 0.0257. The predicted octanol–water partition coefficient (Wildman–Crippen LogP) is 2.20. The van der Waals surface area contributed by atoms with Crippen LogP contribution in [0.5, 0.6) is 0 Å². The summed E-state index contributed by atoms with van der Waals surface area (Å²) in [7, 11) is 1.70. The molecular formula is C15H20N2O2. The molecule has 0 atom stereocenters. The van der Waals surface area contributed by atoms with Gasteiger partial charge in [0.25, 0.3) is 0 Å².